The smallest absolute Gasteiger partial charge is 0.332 e. The van der Waals surface area contributed by atoms with Crippen molar-refractivity contribution in [2.45, 2.75) is 18.9 Å². The minimum Gasteiger partial charge on any atom is -0.469 e. The number of benzene rings is 1. The van der Waals surface area contributed by atoms with Crippen molar-refractivity contribution in [1.82, 2.24) is 9.88 Å². The van der Waals surface area contributed by atoms with Crippen molar-refractivity contribution >= 4 is 23.6 Å². The molecule has 0 saturated carbocycles. The van der Waals surface area contributed by atoms with Gasteiger partial charge < -0.3 is 14.4 Å². The van der Waals surface area contributed by atoms with Crippen LogP contribution >= 0.6 is 0 Å². The number of para-hydroxylation sites is 1. The second kappa shape index (κ2) is 7.50. The quantitative estimate of drug-likeness (QED) is 0.580. The fourth-order valence-corrected chi connectivity index (χ4v) is 3.62. The number of methoxy groups -OCH3 is 1. The lowest BCUT2D eigenvalue weighted by atomic mass is 9.91. The zero-order valence-corrected chi connectivity index (χ0v) is 15.6. The number of aromatic nitrogens is 1. The molecule has 1 aromatic carbocycles. The van der Waals surface area contributed by atoms with Crippen LogP contribution in [-0.2, 0) is 14.3 Å². The lowest BCUT2D eigenvalue weighted by Gasteiger charge is -2.30. The van der Waals surface area contributed by atoms with Gasteiger partial charge in [0.2, 0.25) is 5.88 Å². The van der Waals surface area contributed by atoms with Gasteiger partial charge in [0, 0.05) is 12.6 Å². The summed E-state index contributed by atoms with van der Waals surface area (Å²) in [4.78, 5) is 43.9. The Morgan fingerprint density at radius 2 is 2.00 bits per heavy atom. The van der Waals surface area contributed by atoms with E-state index in [1.807, 2.05) is 0 Å². The van der Waals surface area contributed by atoms with Crippen LogP contribution in [0, 0.1) is 11.7 Å². The topological polar surface area (TPSA) is 89.0 Å². The summed E-state index contributed by atoms with van der Waals surface area (Å²) in [5, 5.41) is 0. The lowest BCUT2D eigenvalue weighted by molar-refractivity contribution is -0.147. The largest absolute Gasteiger partial charge is 0.469 e. The van der Waals surface area contributed by atoms with E-state index in [-0.39, 0.29) is 29.7 Å². The van der Waals surface area contributed by atoms with E-state index in [9.17, 15) is 18.8 Å². The zero-order chi connectivity index (χ0) is 20.5. The van der Waals surface area contributed by atoms with E-state index >= 15 is 0 Å². The maximum Gasteiger partial charge on any atom is 0.332 e. The van der Waals surface area contributed by atoms with Crippen LogP contribution < -0.4 is 9.64 Å². The maximum atomic E-state index is 13.7. The van der Waals surface area contributed by atoms with Crippen LogP contribution in [0.5, 0.6) is 11.6 Å². The van der Waals surface area contributed by atoms with E-state index in [2.05, 4.69) is 4.98 Å². The summed E-state index contributed by atoms with van der Waals surface area (Å²) < 4.78 is 23.9. The number of urea groups is 1. The van der Waals surface area contributed by atoms with Gasteiger partial charge >= 0.3 is 12.0 Å². The van der Waals surface area contributed by atoms with E-state index in [1.54, 1.807) is 12.1 Å². The third-order valence-corrected chi connectivity index (χ3v) is 5.11. The predicted molar refractivity (Wildman–Crippen MR) is 98.8 cm³/mol. The number of hydrogen-bond acceptors (Lipinski definition) is 6. The van der Waals surface area contributed by atoms with Gasteiger partial charge in [-0.15, -0.1) is 0 Å². The number of nitrogens with zero attached hydrogens (tertiary/aromatic N) is 3. The Labute approximate surface area is 165 Å². The number of anilines is 1. The van der Waals surface area contributed by atoms with Crippen molar-refractivity contribution in [2.24, 2.45) is 5.92 Å². The molecule has 2 fully saturated rings. The molecule has 2 unspecified atom stereocenters. The molecule has 8 nitrogen and oxygen atoms in total. The van der Waals surface area contributed by atoms with Gasteiger partial charge in [-0.25, -0.2) is 19.1 Å². The zero-order valence-electron chi connectivity index (χ0n) is 15.6. The summed E-state index contributed by atoms with van der Waals surface area (Å²) in [6.45, 7) is 0.299. The highest BCUT2D eigenvalue weighted by Crippen LogP contribution is 2.34. The van der Waals surface area contributed by atoms with Gasteiger partial charge in [0.05, 0.1) is 24.9 Å². The summed E-state index contributed by atoms with van der Waals surface area (Å²) in [6, 6.07) is 7.72. The number of halogens is 1. The number of fused-ring (bicyclic) bond motifs is 1. The lowest BCUT2D eigenvalue weighted by Crippen LogP contribution is -2.44. The average molecular weight is 399 g/mol. The van der Waals surface area contributed by atoms with Crippen molar-refractivity contribution in [3.8, 4) is 11.6 Å². The number of rotatable bonds is 4. The summed E-state index contributed by atoms with van der Waals surface area (Å²) in [6.07, 6.45) is 2.00. The highest BCUT2D eigenvalue weighted by molar-refractivity contribution is 6.21. The van der Waals surface area contributed by atoms with Crippen LogP contribution in [0.3, 0.4) is 0 Å². The van der Waals surface area contributed by atoms with E-state index < -0.39 is 29.7 Å². The summed E-state index contributed by atoms with van der Waals surface area (Å²) in [5.74, 6) is -1.57. The van der Waals surface area contributed by atoms with Crippen molar-refractivity contribution in [3.63, 3.8) is 0 Å². The van der Waals surface area contributed by atoms with Gasteiger partial charge in [0.1, 0.15) is 6.04 Å². The third-order valence-electron chi connectivity index (χ3n) is 5.11. The second-order valence-electron chi connectivity index (χ2n) is 6.80. The van der Waals surface area contributed by atoms with Crippen molar-refractivity contribution in [2.75, 3.05) is 18.6 Å². The standard InChI is InChI=1S/C20H18FN3O5/c1-28-19(26)12-8-9-23-15(10-12)18(25)24(20(23)27)13-6-7-17(22-11-13)29-16-5-3-2-4-14(16)21/h2-7,11-12,15H,8-10H2,1H3. The monoisotopic (exact) mass is 399 g/mol. The van der Waals surface area contributed by atoms with E-state index in [0.29, 0.717) is 13.0 Å². The number of ether oxygens (including phenoxy) is 2. The molecule has 0 spiro atoms. The predicted octanol–water partition coefficient (Wildman–Crippen LogP) is 2.73. The third kappa shape index (κ3) is 3.39. The molecule has 9 heteroatoms. The Morgan fingerprint density at radius 3 is 2.69 bits per heavy atom. The molecule has 0 bridgehead atoms. The van der Waals surface area contributed by atoms with Crippen LogP contribution in [0.1, 0.15) is 12.8 Å². The van der Waals surface area contributed by atoms with E-state index in [1.165, 1.54) is 42.5 Å². The Bertz CT molecular complexity index is 965. The fourth-order valence-electron chi connectivity index (χ4n) is 3.62. The van der Waals surface area contributed by atoms with Crippen LogP contribution in [0.2, 0.25) is 0 Å². The molecular formula is C20H18FN3O5. The highest BCUT2D eigenvalue weighted by Gasteiger charge is 2.49. The number of carbonyl (C=O) groups is 3. The van der Waals surface area contributed by atoms with Crippen LogP contribution in [-0.4, -0.2) is 47.5 Å². The minimum atomic E-state index is -0.699. The number of imide groups is 1. The molecule has 2 saturated heterocycles. The molecule has 0 aliphatic carbocycles. The molecule has 4 rings (SSSR count). The van der Waals surface area contributed by atoms with Gasteiger partial charge in [-0.1, -0.05) is 12.1 Å². The molecule has 1 aromatic heterocycles. The molecule has 2 aromatic rings. The number of esters is 1. The molecule has 150 valence electrons. The van der Waals surface area contributed by atoms with Gasteiger partial charge in [-0.2, -0.15) is 0 Å². The fraction of sp³-hybridized carbons (Fsp3) is 0.300. The average Bonchev–Trinajstić information content (AvgIpc) is 2.99. The van der Waals surface area contributed by atoms with Crippen LogP contribution in [0.25, 0.3) is 0 Å². The van der Waals surface area contributed by atoms with E-state index in [4.69, 9.17) is 9.47 Å². The molecule has 0 N–H and O–H groups in total. The molecule has 29 heavy (non-hydrogen) atoms. The van der Waals surface area contributed by atoms with Crippen molar-refractivity contribution < 1.29 is 28.2 Å². The Hall–Kier alpha value is -3.49. The first-order valence-electron chi connectivity index (χ1n) is 9.10. The normalized spacial score (nSPS) is 21.2. The maximum absolute atomic E-state index is 13.7. The molecule has 3 heterocycles. The van der Waals surface area contributed by atoms with Crippen molar-refractivity contribution in [1.29, 1.82) is 0 Å². The van der Waals surface area contributed by atoms with E-state index in [0.717, 1.165) is 4.90 Å². The van der Waals surface area contributed by atoms with Gasteiger partial charge in [0.25, 0.3) is 5.91 Å². The Balaban J connectivity index is 1.51. The Kier molecular flexibility index (Phi) is 4.87. The molecule has 2 atom stereocenters. The first-order chi connectivity index (χ1) is 14.0. The number of piperidine rings is 1. The number of carbonyl (C=O) groups excluding carboxylic acids is 3. The number of pyridine rings is 1. The summed E-state index contributed by atoms with van der Waals surface area (Å²) in [5.41, 5.74) is 0.282. The molecular weight excluding hydrogens is 381 g/mol. The number of hydrogen-bond donors (Lipinski definition) is 0. The first-order valence-corrected chi connectivity index (χ1v) is 9.10. The van der Waals surface area contributed by atoms with Gasteiger partial charge in [-0.05, 0) is 31.0 Å². The van der Waals surface area contributed by atoms with Crippen LogP contribution in [0.15, 0.2) is 42.6 Å². The molecule has 2 aliphatic heterocycles. The van der Waals surface area contributed by atoms with Crippen molar-refractivity contribution in [3.05, 3.63) is 48.4 Å². The molecule has 3 amide bonds. The molecule has 2 aliphatic rings. The van der Waals surface area contributed by atoms with Gasteiger partial charge in [0.15, 0.2) is 11.6 Å². The SMILES string of the molecule is COC(=O)C1CCN2C(=O)N(c3ccc(Oc4ccccc4F)nc3)C(=O)C2C1. The Morgan fingerprint density at radius 1 is 1.21 bits per heavy atom. The number of amides is 3. The van der Waals surface area contributed by atoms with Crippen LogP contribution in [0.4, 0.5) is 14.9 Å². The first kappa shape index (κ1) is 18.9. The minimum absolute atomic E-state index is 0.0204. The molecule has 0 radical (unpaired) electrons. The second-order valence-corrected chi connectivity index (χ2v) is 6.80. The highest BCUT2D eigenvalue weighted by atomic mass is 19.1. The summed E-state index contributed by atoms with van der Waals surface area (Å²) in [7, 11) is 1.30. The summed E-state index contributed by atoms with van der Waals surface area (Å²) >= 11 is 0. The van der Waals surface area contributed by atoms with Gasteiger partial charge in [-0.3, -0.25) is 9.59 Å².